The Morgan fingerprint density at radius 2 is 2.33 bits per heavy atom. The summed E-state index contributed by atoms with van der Waals surface area (Å²) in [5.74, 6) is 0.831. The Hall–Kier alpha value is -1.69. The van der Waals surface area contributed by atoms with Gasteiger partial charge in [-0.05, 0) is 24.5 Å². The average molecular weight is 306 g/mol. The zero-order chi connectivity index (χ0) is 14.8. The van der Waals surface area contributed by atoms with Gasteiger partial charge in [-0.1, -0.05) is 24.6 Å². The Bertz CT molecular complexity index is 664. The van der Waals surface area contributed by atoms with E-state index in [-0.39, 0.29) is 5.75 Å². The maximum absolute atomic E-state index is 10.8. The van der Waals surface area contributed by atoms with Crippen molar-refractivity contribution < 1.29 is 14.6 Å². The number of benzene rings is 1. The van der Waals surface area contributed by atoms with Crippen LogP contribution >= 0.6 is 11.8 Å². The van der Waals surface area contributed by atoms with Crippen LogP contribution in [0, 0.1) is 5.92 Å². The molecule has 3 rings (SSSR count). The van der Waals surface area contributed by atoms with Crippen molar-refractivity contribution in [3.05, 3.63) is 18.2 Å². The van der Waals surface area contributed by atoms with E-state index in [9.17, 15) is 4.79 Å². The Labute approximate surface area is 127 Å². The molecule has 0 radical (unpaired) electrons. The molecule has 1 N–H and O–H groups in total. The van der Waals surface area contributed by atoms with Crippen LogP contribution in [0.4, 0.5) is 0 Å². The molecule has 2 aromatic rings. The molecule has 1 heterocycles. The number of carbonyl (C=O) groups is 1. The standard InChI is InChI=1S/C15H18N2O3S/c1-20-11-4-5-12-13(8-11)17(7-6-10-2-3-10)15(16-12)21-9-14(18)19/h4-5,8,10H,2-3,6-7,9H2,1H3,(H,18,19). The number of rotatable bonds is 7. The number of carboxylic acids is 1. The zero-order valence-electron chi connectivity index (χ0n) is 11.9. The number of aryl methyl sites for hydroxylation is 1. The van der Waals surface area contributed by atoms with E-state index >= 15 is 0 Å². The Morgan fingerprint density at radius 1 is 1.52 bits per heavy atom. The molecule has 1 aromatic carbocycles. The van der Waals surface area contributed by atoms with Gasteiger partial charge in [0.05, 0.1) is 23.9 Å². The fourth-order valence-electron chi connectivity index (χ4n) is 2.38. The minimum atomic E-state index is -0.821. The van der Waals surface area contributed by atoms with Gasteiger partial charge >= 0.3 is 5.97 Å². The smallest absolute Gasteiger partial charge is 0.313 e. The lowest BCUT2D eigenvalue weighted by atomic mass is 10.2. The van der Waals surface area contributed by atoms with E-state index in [1.165, 1.54) is 24.6 Å². The molecule has 0 unspecified atom stereocenters. The lowest BCUT2D eigenvalue weighted by Gasteiger charge is -2.08. The first-order valence-electron chi connectivity index (χ1n) is 7.06. The van der Waals surface area contributed by atoms with E-state index in [4.69, 9.17) is 9.84 Å². The third-order valence-corrected chi connectivity index (χ3v) is 4.66. The Balaban J connectivity index is 1.93. The van der Waals surface area contributed by atoms with Crippen LogP contribution in [0.15, 0.2) is 23.4 Å². The zero-order valence-corrected chi connectivity index (χ0v) is 12.7. The van der Waals surface area contributed by atoms with Gasteiger partial charge in [0.1, 0.15) is 5.75 Å². The number of aliphatic carboxylic acids is 1. The van der Waals surface area contributed by atoms with Crippen LogP contribution in [-0.2, 0) is 11.3 Å². The topological polar surface area (TPSA) is 64.3 Å². The van der Waals surface area contributed by atoms with Crippen LogP contribution in [0.2, 0.25) is 0 Å². The number of carboxylic acid groups (broad SMARTS) is 1. The molecule has 1 aliphatic carbocycles. The van der Waals surface area contributed by atoms with Crippen molar-refractivity contribution in [3.8, 4) is 5.75 Å². The van der Waals surface area contributed by atoms with Gasteiger partial charge < -0.3 is 14.4 Å². The maximum atomic E-state index is 10.8. The SMILES string of the molecule is COc1ccc2nc(SCC(=O)O)n(CCC3CC3)c2c1. The predicted molar refractivity (Wildman–Crippen MR) is 82.0 cm³/mol. The van der Waals surface area contributed by atoms with Crippen LogP contribution in [-0.4, -0.2) is 33.5 Å². The monoisotopic (exact) mass is 306 g/mol. The number of imidazole rings is 1. The summed E-state index contributed by atoms with van der Waals surface area (Å²) in [6, 6.07) is 5.78. The number of methoxy groups -OCH3 is 1. The molecule has 1 saturated carbocycles. The van der Waals surface area contributed by atoms with Crippen LogP contribution < -0.4 is 4.74 Å². The van der Waals surface area contributed by atoms with Gasteiger partial charge in [-0.2, -0.15) is 0 Å². The van der Waals surface area contributed by atoms with Crippen LogP contribution in [0.3, 0.4) is 0 Å². The highest BCUT2D eigenvalue weighted by molar-refractivity contribution is 7.99. The first kappa shape index (κ1) is 14.3. The molecule has 112 valence electrons. The molecular formula is C15H18N2O3S. The van der Waals surface area contributed by atoms with E-state index in [0.29, 0.717) is 0 Å². The molecule has 1 aliphatic rings. The van der Waals surface area contributed by atoms with Crippen LogP contribution in [0.1, 0.15) is 19.3 Å². The molecule has 1 aromatic heterocycles. The van der Waals surface area contributed by atoms with Crippen molar-refractivity contribution in [1.82, 2.24) is 9.55 Å². The summed E-state index contributed by atoms with van der Waals surface area (Å²) in [5.41, 5.74) is 1.90. The van der Waals surface area contributed by atoms with E-state index in [0.717, 1.165) is 40.8 Å². The quantitative estimate of drug-likeness (QED) is 0.797. The molecular weight excluding hydrogens is 288 g/mol. The molecule has 1 fully saturated rings. The summed E-state index contributed by atoms with van der Waals surface area (Å²) < 4.78 is 7.41. The molecule has 0 aliphatic heterocycles. The molecule has 0 spiro atoms. The van der Waals surface area contributed by atoms with Gasteiger partial charge in [-0.15, -0.1) is 0 Å². The highest BCUT2D eigenvalue weighted by atomic mass is 32.2. The number of hydrogen-bond acceptors (Lipinski definition) is 4. The summed E-state index contributed by atoms with van der Waals surface area (Å²) >= 11 is 1.28. The van der Waals surface area contributed by atoms with E-state index < -0.39 is 5.97 Å². The molecule has 21 heavy (non-hydrogen) atoms. The number of nitrogens with zero attached hydrogens (tertiary/aromatic N) is 2. The molecule has 6 heteroatoms. The van der Waals surface area contributed by atoms with E-state index in [1.807, 2.05) is 18.2 Å². The molecule has 5 nitrogen and oxygen atoms in total. The summed E-state index contributed by atoms with van der Waals surface area (Å²) in [5, 5.41) is 9.65. The van der Waals surface area contributed by atoms with Crippen molar-refractivity contribution in [2.24, 2.45) is 5.92 Å². The maximum Gasteiger partial charge on any atom is 0.313 e. The minimum absolute atomic E-state index is 0.0316. The van der Waals surface area contributed by atoms with Gasteiger partial charge in [0.25, 0.3) is 0 Å². The lowest BCUT2D eigenvalue weighted by molar-refractivity contribution is -0.133. The molecule has 0 saturated heterocycles. The van der Waals surface area contributed by atoms with Gasteiger partial charge in [0.2, 0.25) is 0 Å². The number of fused-ring (bicyclic) bond motifs is 1. The molecule has 0 amide bonds. The number of thioether (sulfide) groups is 1. The normalized spacial score (nSPS) is 14.5. The number of hydrogen-bond donors (Lipinski definition) is 1. The van der Waals surface area contributed by atoms with Gasteiger partial charge in [-0.3, -0.25) is 4.79 Å². The van der Waals surface area contributed by atoms with E-state index in [2.05, 4.69) is 9.55 Å². The summed E-state index contributed by atoms with van der Waals surface area (Å²) in [6.07, 6.45) is 3.75. The first-order chi connectivity index (χ1) is 10.2. The fraction of sp³-hybridized carbons (Fsp3) is 0.467. The number of aromatic nitrogens is 2. The van der Waals surface area contributed by atoms with Crippen LogP contribution in [0.25, 0.3) is 11.0 Å². The van der Waals surface area contributed by atoms with Gasteiger partial charge in [0.15, 0.2) is 5.16 Å². The minimum Gasteiger partial charge on any atom is -0.497 e. The Kier molecular flexibility index (Phi) is 4.05. The largest absolute Gasteiger partial charge is 0.497 e. The molecule has 0 bridgehead atoms. The van der Waals surface area contributed by atoms with Crippen LogP contribution in [0.5, 0.6) is 5.75 Å². The van der Waals surface area contributed by atoms with Crippen molar-refractivity contribution in [2.75, 3.05) is 12.9 Å². The van der Waals surface area contributed by atoms with Gasteiger partial charge in [-0.25, -0.2) is 4.98 Å². The van der Waals surface area contributed by atoms with Crippen molar-refractivity contribution in [2.45, 2.75) is 31.0 Å². The van der Waals surface area contributed by atoms with Crippen molar-refractivity contribution >= 4 is 28.8 Å². The van der Waals surface area contributed by atoms with Gasteiger partial charge in [0, 0.05) is 12.6 Å². The lowest BCUT2D eigenvalue weighted by Crippen LogP contribution is -2.04. The Morgan fingerprint density at radius 3 is 3.00 bits per heavy atom. The first-order valence-corrected chi connectivity index (χ1v) is 8.05. The van der Waals surface area contributed by atoms with Crippen molar-refractivity contribution in [3.63, 3.8) is 0 Å². The predicted octanol–water partition coefficient (Wildman–Crippen LogP) is 3.02. The van der Waals surface area contributed by atoms with E-state index in [1.54, 1.807) is 7.11 Å². The second-order valence-electron chi connectivity index (χ2n) is 5.32. The fourth-order valence-corrected chi connectivity index (χ4v) is 3.14. The number of ether oxygens (including phenoxy) is 1. The summed E-state index contributed by atoms with van der Waals surface area (Å²) in [7, 11) is 1.65. The highest BCUT2D eigenvalue weighted by Crippen LogP contribution is 2.34. The summed E-state index contributed by atoms with van der Waals surface area (Å²) in [6.45, 7) is 0.885. The average Bonchev–Trinajstić information content (AvgIpc) is 3.23. The third-order valence-electron chi connectivity index (χ3n) is 3.70. The second-order valence-corrected chi connectivity index (χ2v) is 6.26. The summed E-state index contributed by atoms with van der Waals surface area (Å²) in [4.78, 5) is 15.4. The second kappa shape index (κ2) is 5.97. The third kappa shape index (κ3) is 3.32. The highest BCUT2D eigenvalue weighted by Gasteiger charge is 2.22. The van der Waals surface area contributed by atoms with Crippen molar-refractivity contribution in [1.29, 1.82) is 0 Å². The molecule has 0 atom stereocenters.